The maximum Gasteiger partial charge on any atom is 0.135 e. The Hall–Kier alpha value is -1.70. The van der Waals surface area contributed by atoms with E-state index in [1.807, 2.05) is 12.1 Å². The Morgan fingerprint density at radius 2 is 1.95 bits per heavy atom. The van der Waals surface area contributed by atoms with Crippen LogP contribution in [0.3, 0.4) is 0 Å². The lowest BCUT2D eigenvalue weighted by Crippen LogP contribution is -2.01. The van der Waals surface area contributed by atoms with Crippen LogP contribution in [0.1, 0.15) is 18.4 Å². The van der Waals surface area contributed by atoms with E-state index in [4.69, 9.17) is 19.3 Å². The van der Waals surface area contributed by atoms with Gasteiger partial charge < -0.3 is 19.3 Å². The summed E-state index contributed by atoms with van der Waals surface area (Å²) in [6.07, 6.45) is 1.89. The third kappa shape index (κ3) is 5.64. The quantitative estimate of drug-likeness (QED) is 0.603. The zero-order chi connectivity index (χ0) is 13.9. The molecule has 0 amide bonds. The first-order valence-electron chi connectivity index (χ1n) is 6.21. The van der Waals surface area contributed by atoms with E-state index in [-0.39, 0.29) is 6.61 Å². The second-order valence-electron chi connectivity index (χ2n) is 3.87. The molecule has 0 saturated carbocycles. The van der Waals surface area contributed by atoms with E-state index in [1.54, 1.807) is 20.3 Å². The van der Waals surface area contributed by atoms with Crippen LogP contribution in [0.15, 0.2) is 18.2 Å². The van der Waals surface area contributed by atoms with Crippen LogP contribution in [0.5, 0.6) is 11.5 Å². The molecule has 4 heteroatoms. The molecule has 104 valence electrons. The van der Waals surface area contributed by atoms with Gasteiger partial charge in [-0.05, 0) is 31.0 Å². The summed E-state index contributed by atoms with van der Waals surface area (Å²) in [5, 5.41) is 8.76. The average Bonchev–Trinajstić information content (AvgIpc) is 2.45. The zero-order valence-corrected chi connectivity index (χ0v) is 11.4. The van der Waals surface area contributed by atoms with Crippen LogP contribution in [0.2, 0.25) is 0 Å². The highest BCUT2D eigenvalue weighted by Crippen LogP contribution is 2.23. The lowest BCUT2D eigenvalue weighted by atomic mass is 10.2. The molecule has 0 atom stereocenters. The van der Waals surface area contributed by atoms with E-state index in [2.05, 4.69) is 11.8 Å². The van der Waals surface area contributed by atoms with Crippen LogP contribution >= 0.6 is 0 Å². The molecule has 0 aliphatic rings. The number of benzene rings is 1. The minimum atomic E-state index is -0.176. The van der Waals surface area contributed by atoms with Gasteiger partial charge in [-0.1, -0.05) is 11.8 Å². The van der Waals surface area contributed by atoms with Gasteiger partial charge in [-0.15, -0.1) is 0 Å². The van der Waals surface area contributed by atoms with Gasteiger partial charge in [0.05, 0.1) is 19.3 Å². The van der Waals surface area contributed by atoms with Crippen LogP contribution in [-0.2, 0) is 4.74 Å². The highest BCUT2D eigenvalue weighted by molar-refractivity contribution is 5.50. The summed E-state index contributed by atoms with van der Waals surface area (Å²) in [7, 11) is 3.29. The van der Waals surface area contributed by atoms with Gasteiger partial charge in [0.25, 0.3) is 0 Å². The Morgan fingerprint density at radius 3 is 2.63 bits per heavy atom. The lowest BCUT2D eigenvalue weighted by Gasteiger charge is -2.09. The number of unbranched alkanes of at least 4 members (excludes halogenated alkanes) is 1. The number of aliphatic hydroxyl groups excluding tert-OH is 1. The number of rotatable bonds is 7. The van der Waals surface area contributed by atoms with E-state index in [1.165, 1.54) is 0 Å². The van der Waals surface area contributed by atoms with Crippen LogP contribution in [-0.4, -0.2) is 39.1 Å². The van der Waals surface area contributed by atoms with Crippen molar-refractivity contribution < 1.29 is 19.3 Å². The fourth-order valence-corrected chi connectivity index (χ4v) is 1.52. The monoisotopic (exact) mass is 264 g/mol. The van der Waals surface area contributed by atoms with Gasteiger partial charge >= 0.3 is 0 Å². The highest BCUT2D eigenvalue weighted by Gasteiger charge is 2.03. The molecule has 0 aliphatic carbocycles. The number of methoxy groups -OCH3 is 2. The fourth-order valence-electron chi connectivity index (χ4n) is 1.52. The van der Waals surface area contributed by atoms with Crippen molar-refractivity contribution in [3.8, 4) is 23.3 Å². The fraction of sp³-hybridized carbons (Fsp3) is 0.467. The van der Waals surface area contributed by atoms with Gasteiger partial charge in [-0.3, -0.25) is 0 Å². The maximum absolute atomic E-state index is 8.76. The molecule has 4 nitrogen and oxygen atoms in total. The van der Waals surface area contributed by atoms with E-state index < -0.39 is 0 Å². The van der Waals surface area contributed by atoms with Crippen LogP contribution in [0, 0.1) is 11.8 Å². The number of aliphatic hydroxyl groups is 1. The Balaban J connectivity index is 2.64. The van der Waals surface area contributed by atoms with Gasteiger partial charge in [0.15, 0.2) is 0 Å². The van der Waals surface area contributed by atoms with Crippen molar-refractivity contribution in [3.05, 3.63) is 23.8 Å². The third-order valence-electron chi connectivity index (χ3n) is 2.49. The van der Waals surface area contributed by atoms with Crippen LogP contribution < -0.4 is 9.47 Å². The predicted molar refractivity (Wildman–Crippen MR) is 73.6 cm³/mol. The Bertz CT molecular complexity index is 432. The molecule has 0 fully saturated rings. The molecule has 0 bridgehead atoms. The van der Waals surface area contributed by atoms with Gasteiger partial charge in [0.2, 0.25) is 0 Å². The zero-order valence-electron chi connectivity index (χ0n) is 11.4. The van der Waals surface area contributed by atoms with E-state index >= 15 is 0 Å². The molecule has 0 spiro atoms. The average molecular weight is 264 g/mol. The third-order valence-corrected chi connectivity index (χ3v) is 2.49. The number of ether oxygens (including phenoxy) is 3. The molecule has 0 radical (unpaired) electrons. The summed E-state index contributed by atoms with van der Waals surface area (Å²) in [5.74, 6) is 6.90. The Morgan fingerprint density at radius 1 is 1.16 bits per heavy atom. The SMILES string of the molecule is COCCCCOc1ccc(OC)cc1C#CCO. The van der Waals surface area contributed by atoms with E-state index in [0.717, 1.165) is 25.0 Å². The summed E-state index contributed by atoms with van der Waals surface area (Å²) in [5.41, 5.74) is 0.722. The van der Waals surface area contributed by atoms with E-state index in [0.29, 0.717) is 18.1 Å². The molecule has 0 aliphatic heterocycles. The van der Waals surface area contributed by atoms with Gasteiger partial charge in [-0.2, -0.15) is 0 Å². The largest absolute Gasteiger partial charge is 0.497 e. The smallest absolute Gasteiger partial charge is 0.135 e. The summed E-state index contributed by atoms with van der Waals surface area (Å²) in [6, 6.07) is 5.46. The summed E-state index contributed by atoms with van der Waals surface area (Å²) in [4.78, 5) is 0. The van der Waals surface area contributed by atoms with Crippen molar-refractivity contribution in [2.75, 3.05) is 34.0 Å². The second-order valence-corrected chi connectivity index (χ2v) is 3.87. The summed E-state index contributed by atoms with van der Waals surface area (Å²) >= 11 is 0. The number of hydrogen-bond acceptors (Lipinski definition) is 4. The van der Waals surface area contributed by atoms with Crippen molar-refractivity contribution in [1.29, 1.82) is 0 Å². The predicted octanol–water partition coefficient (Wildman–Crippen LogP) is 1.84. The van der Waals surface area contributed by atoms with Crippen molar-refractivity contribution in [1.82, 2.24) is 0 Å². The first-order valence-corrected chi connectivity index (χ1v) is 6.21. The van der Waals surface area contributed by atoms with Crippen LogP contribution in [0.25, 0.3) is 0 Å². The Kier molecular flexibility index (Phi) is 7.48. The van der Waals surface area contributed by atoms with Gasteiger partial charge in [-0.25, -0.2) is 0 Å². The molecule has 1 rings (SSSR count). The molecule has 0 unspecified atom stereocenters. The molecule has 1 aromatic rings. The minimum absolute atomic E-state index is 0.176. The van der Waals surface area contributed by atoms with Crippen molar-refractivity contribution in [2.24, 2.45) is 0 Å². The first-order chi connectivity index (χ1) is 9.31. The first kappa shape index (κ1) is 15.4. The maximum atomic E-state index is 8.76. The van der Waals surface area contributed by atoms with Gasteiger partial charge in [0.1, 0.15) is 18.1 Å². The minimum Gasteiger partial charge on any atom is -0.497 e. The molecule has 0 aromatic heterocycles. The number of hydrogen-bond donors (Lipinski definition) is 1. The Labute approximate surface area is 114 Å². The molecular weight excluding hydrogens is 244 g/mol. The molecule has 1 N–H and O–H groups in total. The van der Waals surface area contributed by atoms with Crippen molar-refractivity contribution in [3.63, 3.8) is 0 Å². The van der Waals surface area contributed by atoms with Gasteiger partial charge in [0, 0.05) is 13.7 Å². The lowest BCUT2D eigenvalue weighted by molar-refractivity contribution is 0.184. The molecule has 0 saturated heterocycles. The molecule has 19 heavy (non-hydrogen) atoms. The summed E-state index contributed by atoms with van der Waals surface area (Å²) < 4.78 is 15.8. The van der Waals surface area contributed by atoms with Crippen LogP contribution in [0.4, 0.5) is 0 Å². The van der Waals surface area contributed by atoms with Crippen molar-refractivity contribution in [2.45, 2.75) is 12.8 Å². The van der Waals surface area contributed by atoms with E-state index in [9.17, 15) is 0 Å². The molecular formula is C15H20O4. The summed E-state index contributed by atoms with van der Waals surface area (Å²) in [6.45, 7) is 1.18. The highest BCUT2D eigenvalue weighted by atomic mass is 16.5. The normalized spacial score (nSPS) is 9.63. The molecule has 0 heterocycles. The topological polar surface area (TPSA) is 47.9 Å². The molecule has 1 aromatic carbocycles. The standard InChI is InChI=1S/C15H20O4/c1-17-10-3-4-11-19-15-8-7-14(18-2)12-13(15)6-5-9-16/h7-8,12,16H,3-4,9-11H2,1-2H3. The second kappa shape index (κ2) is 9.26. The van der Waals surface area contributed by atoms with Crippen molar-refractivity contribution >= 4 is 0 Å².